The van der Waals surface area contributed by atoms with E-state index in [1.165, 1.54) is 38.0 Å². The first-order valence-electron chi connectivity index (χ1n) is 6.96. The lowest BCUT2D eigenvalue weighted by Gasteiger charge is -2.29. The second-order valence-corrected chi connectivity index (χ2v) is 7.13. The summed E-state index contributed by atoms with van der Waals surface area (Å²) in [4.78, 5) is 0. The van der Waals surface area contributed by atoms with Crippen LogP contribution >= 0.6 is 11.8 Å². The first-order valence-corrected chi connectivity index (χ1v) is 8.01. The summed E-state index contributed by atoms with van der Waals surface area (Å²) in [5.74, 6) is 2.96. The Morgan fingerprint density at radius 2 is 1.88 bits per heavy atom. The summed E-state index contributed by atoms with van der Waals surface area (Å²) in [6.45, 7) is 10.6. The monoisotopic (exact) mass is 243 g/mol. The van der Waals surface area contributed by atoms with Gasteiger partial charge in [0.15, 0.2) is 0 Å². The van der Waals surface area contributed by atoms with Crippen LogP contribution in [0, 0.1) is 11.8 Å². The number of thioether (sulfide) groups is 1. The molecule has 0 aliphatic heterocycles. The molecule has 0 saturated heterocycles. The molecule has 0 heterocycles. The van der Waals surface area contributed by atoms with Crippen molar-refractivity contribution < 1.29 is 0 Å². The van der Waals surface area contributed by atoms with Crippen molar-refractivity contribution >= 4 is 11.8 Å². The third-order valence-electron chi connectivity index (χ3n) is 3.94. The van der Waals surface area contributed by atoms with Crippen molar-refractivity contribution in [1.29, 1.82) is 0 Å². The number of hydrogen-bond donors (Lipinski definition) is 1. The van der Waals surface area contributed by atoms with Gasteiger partial charge in [-0.1, -0.05) is 40.5 Å². The highest BCUT2D eigenvalue weighted by molar-refractivity contribution is 7.99. The van der Waals surface area contributed by atoms with Gasteiger partial charge in [-0.25, -0.2) is 0 Å². The van der Waals surface area contributed by atoms with E-state index < -0.39 is 0 Å². The lowest BCUT2D eigenvalue weighted by molar-refractivity contribution is 0.285. The molecule has 2 heteroatoms. The Bertz CT molecular complexity index is 182. The average Bonchev–Trinajstić information content (AvgIpc) is 2.26. The maximum Gasteiger partial charge on any atom is 0.00930 e. The highest BCUT2D eigenvalue weighted by Crippen LogP contribution is 2.24. The summed E-state index contributed by atoms with van der Waals surface area (Å²) in [5, 5.41) is 4.54. The van der Waals surface area contributed by atoms with E-state index in [0.29, 0.717) is 0 Å². The zero-order chi connectivity index (χ0) is 12.0. The van der Waals surface area contributed by atoms with Crippen LogP contribution in [0.2, 0.25) is 0 Å². The minimum atomic E-state index is 0.795. The van der Waals surface area contributed by atoms with Crippen molar-refractivity contribution in [3.63, 3.8) is 0 Å². The first kappa shape index (κ1) is 14.4. The molecule has 1 nitrogen and oxygen atoms in total. The van der Waals surface area contributed by atoms with Gasteiger partial charge < -0.3 is 5.32 Å². The quantitative estimate of drug-likeness (QED) is 0.709. The van der Waals surface area contributed by atoms with Gasteiger partial charge in [0.2, 0.25) is 0 Å². The molecule has 96 valence electrons. The van der Waals surface area contributed by atoms with E-state index in [-0.39, 0.29) is 0 Å². The van der Waals surface area contributed by atoms with Crippen LogP contribution in [0.1, 0.15) is 53.4 Å². The first-order chi connectivity index (χ1) is 7.61. The minimum Gasteiger partial charge on any atom is -0.313 e. The smallest absolute Gasteiger partial charge is 0.00930 e. The summed E-state index contributed by atoms with van der Waals surface area (Å²) < 4.78 is 0. The standard InChI is InChI=1S/C14H29NS/c1-11(2)13(4)16-10-9-15-14-8-6-5-7-12(14)3/h11-15H,5-10H2,1-4H3. The Morgan fingerprint density at radius 1 is 1.19 bits per heavy atom. The molecule has 0 aromatic carbocycles. The van der Waals surface area contributed by atoms with Crippen molar-refractivity contribution in [2.75, 3.05) is 12.3 Å². The summed E-state index contributed by atoms with van der Waals surface area (Å²) >= 11 is 2.11. The SMILES string of the molecule is CC(C)C(C)SCCNC1CCCCC1C. The third-order valence-corrected chi connectivity index (χ3v) is 5.45. The van der Waals surface area contributed by atoms with Gasteiger partial charge in [-0.05, 0) is 24.7 Å². The molecule has 0 aromatic rings. The van der Waals surface area contributed by atoms with Gasteiger partial charge in [0, 0.05) is 23.6 Å². The fraction of sp³-hybridized carbons (Fsp3) is 1.00. The Kier molecular flexibility index (Phi) is 6.83. The van der Waals surface area contributed by atoms with Crippen LogP contribution in [0.15, 0.2) is 0 Å². The molecular formula is C14H29NS. The Morgan fingerprint density at radius 3 is 2.50 bits per heavy atom. The Balaban J connectivity index is 2.06. The molecule has 1 N–H and O–H groups in total. The predicted molar refractivity (Wildman–Crippen MR) is 76.2 cm³/mol. The number of hydrogen-bond acceptors (Lipinski definition) is 2. The van der Waals surface area contributed by atoms with E-state index in [1.54, 1.807) is 0 Å². The second-order valence-electron chi connectivity index (χ2n) is 5.64. The van der Waals surface area contributed by atoms with E-state index in [0.717, 1.165) is 23.1 Å². The molecule has 0 bridgehead atoms. The van der Waals surface area contributed by atoms with Crippen molar-refractivity contribution in [2.45, 2.75) is 64.7 Å². The van der Waals surface area contributed by atoms with Crippen molar-refractivity contribution in [1.82, 2.24) is 5.32 Å². The Labute approximate surface area is 106 Å². The van der Waals surface area contributed by atoms with Gasteiger partial charge in [-0.2, -0.15) is 11.8 Å². The van der Waals surface area contributed by atoms with Crippen LogP contribution in [0.5, 0.6) is 0 Å². The van der Waals surface area contributed by atoms with E-state index >= 15 is 0 Å². The van der Waals surface area contributed by atoms with Gasteiger partial charge in [-0.15, -0.1) is 0 Å². The second kappa shape index (κ2) is 7.60. The fourth-order valence-corrected chi connectivity index (χ4v) is 3.29. The van der Waals surface area contributed by atoms with E-state index in [9.17, 15) is 0 Å². The van der Waals surface area contributed by atoms with Gasteiger partial charge in [0.1, 0.15) is 0 Å². The third kappa shape index (κ3) is 5.09. The average molecular weight is 243 g/mol. The van der Waals surface area contributed by atoms with E-state index in [1.807, 2.05) is 0 Å². The van der Waals surface area contributed by atoms with Crippen LogP contribution in [-0.2, 0) is 0 Å². The van der Waals surface area contributed by atoms with Crippen molar-refractivity contribution in [3.05, 3.63) is 0 Å². The number of rotatable bonds is 6. The van der Waals surface area contributed by atoms with Gasteiger partial charge in [0.05, 0.1) is 0 Å². The maximum atomic E-state index is 3.74. The molecule has 0 radical (unpaired) electrons. The largest absolute Gasteiger partial charge is 0.313 e. The molecule has 0 aromatic heterocycles. The lowest BCUT2D eigenvalue weighted by Crippen LogP contribution is -2.38. The highest BCUT2D eigenvalue weighted by atomic mass is 32.2. The summed E-state index contributed by atoms with van der Waals surface area (Å²) in [6.07, 6.45) is 5.69. The Hall–Kier alpha value is 0.310. The molecule has 1 rings (SSSR count). The van der Waals surface area contributed by atoms with E-state index in [4.69, 9.17) is 0 Å². The molecule has 1 fully saturated rings. The molecule has 16 heavy (non-hydrogen) atoms. The maximum absolute atomic E-state index is 3.74. The minimum absolute atomic E-state index is 0.795. The topological polar surface area (TPSA) is 12.0 Å². The van der Waals surface area contributed by atoms with Gasteiger partial charge in [-0.3, -0.25) is 0 Å². The van der Waals surface area contributed by atoms with Gasteiger partial charge in [0.25, 0.3) is 0 Å². The van der Waals surface area contributed by atoms with Gasteiger partial charge >= 0.3 is 0 Å². The molecule has 1 aliphatic carbocycles. The highest BCUT2D eigenvalue weighted by Gasteiger charge is 2.20. The molecular weight excluding hydrogens is 214 g/mol. The fourth-order valence-electron chi connectivity index (χ4n) is 2.30. The van der Waals surface area contributed by atoms with Crippen LogP contribution < -0.4 is 5.32 Å². The van der Waals surface area contributed by atoms with E-state index in [2.05, 4.69) is 44.8 Å². The van der Waals surface area contributed by atoms with Crippen molar-refractivity contribution in [2.24, 2.45) is 11.8 Å². The molecule has 3 atom stereocenters. The normalized spacial score (nSPS) is 28.3. The molecule has 3 unspecified atom stereocenters. The zero-order valence-corrected chi connectivity index (χ0v) is 12.3. The molecule has 1 aliphatic rings. The summed E-state index contributed by atoms with van der Waals surface area (Å²) in [5.41, 5.74) is 0. The lowest BCUT2D eigenvalue weighted by atomic mass is 9.86. The molecule has 1 saturated carbocycles. The summed E-state index contributed by atoms with van der Waals surface area (Å²) in [7, 11) is 0. The summed E-state index contributed by atoms with van der Waals surface area (Å²) in [6, 6.07) is 0.795. The molecule has 0 spiro atoms. The van der Waals surface area contributed by atoms with Crippen LogP contribution in [0.4, 0.5) is 0 Å². The zero-order valence-electron chi connectivity index (χ0n) is 11.5. The van der Waals surface area contributed by atoms with Crippen LogP contribution in [0.25, 0.3) is 0 Å². The predicted octanol–water partition coefficient (Wildman–Crippen LogP) is 3.93. The van der Waals surface area contributed by atoms with Crippen LogP contribution in [0.3, 0.4) is 0 Å². The van der Waals surface area contributed by atoms with Crippen molar-refractivity contribution in [3.8, 4) is 0 Å². The molecule has 0 amide bonds. The van der Waals surface area contributed by atoms with Crippen LogP contribution in [-0.4, -0.2) is 23.6 Å². The number of nitrogens with one attached hydrogen (secondary N) is 1.